The van der Waals surface area contributed by atoms with Gasteiger partial charge < -0.3 is 5.32 Å². The maximum atomic E-state index is 12.3. The molecule has 4 rings (SSSR count). The quantitative estimate of drug-likeness (QED) is 0.875. The third-order valence-corrected chi connectivity index (χ3v) is 5.00. The highest BCUT2D eigenvalue weighted by Gasteiger charge is 2.39. The second-order valence-corrected chi connectivity index (χ2v) is 6.44. The van der Waals surface area contributed by atoms with Crippen molar-refractivity contribution < 1.29 is 4.79 Å². The van der Waals surface area contributed by atoms with Crippen LogP contribution in [0.5, 0.6) is 0 Å². The van der Waals surface area contributed by atoms with Gasteiger partial charge in [0, 0.05) is 17.8 Å². The summed E-state index contributed by atoms with van der Waals surface area (Å²) in [5, 5.41) is 8.64. The van der Waals surface area contributed by atoms with Crippen molar-refractivity contribution in [2.75, 3.05) is 6.54 Å². The molecule has 2 aliphatic carbocycles. The molecule has 23 heavy (non-hydrogen) atoms. The number of hydrogen-bond donors (Lipinski definition) is 1. The molecular weight excluding hydrogens is 290 g/mol. The molecule has 0 aliphatic heterocycles. The lowest BCUT2D eigenvalue weighted by molar-refractivity contribution is -0.125. The van der Waals surface area contributed by atoms with E-state index in [1.807, 2.05) is 18.2 Å². The zero-order valence-corrected chi connectivity index (χ0v) is 12.8. The standard InChI is InChI=1S/C18H19N3O2/c22-17(16-10-12-5-6-13(16)9-12)19-7-8-21-18(23)15-4-2-1-3-14(15)11-20-21/h1-6,11-13,16H,7-10H2,(H,19,22)/t12-,13+,16-/m1/s1. The number of hydrogen-bond acceptors (Lipinski definition) is 3. The Kier molecular flexibility index (Phi) is 3.48. The molecule has 1 amide bonds. The molecular formula is C18H19N3O2. The molecule has 1 saturated carbocycles. The Labute approximate surface area is 134 Å². The largest absolute Gasteiger partial charge is 0.354 e. The first-order valence-corrected chi connectivity index (χ1v) is 8.13. The van der Waals surface area contributed by atoms with Gasteiger partial charge in [0.1, 0.15) is 0 Å². The zero-order valence-electron chi connectivity index (χ0n) is 12.8. The van der Waals surface area contributed by atoms with Crippen LogP contribution in [0.3, 0.4) is 0 Å². The van der Waals surface area contributed by atoms with Gasteiger partial charge in [-0.1, -0.05) is 30.4 Å². The number of benzene rings is 1. The zero-order chi connectivity index (χ0) is 15.8. The summed E-state index contributed by atoms with van der Waals surface area (Å²) in [4.78, 5) is 24.6. The van der Waals surface area contributed by atoms with Gasteiger partial charge in [0.2, 0.25) is 5.91 Å². The van der Waals surface area contributed by atoms with Crippen LogP contribution in [0, 0.1) is 17.8 Å². The van der Waals surface area contributed by atoms with Crippen molar-refractivity contribution >= 4 is 16.7 Å². The number of carbonyl (C=O) groups is 1. The Morgan fingerprint density at radius 3 is 2.91 bits per heavy atom. The normalized spacial score (nSPS) is 25.1. The summed E-state index contributed by atoms with van der Waals surface area (Å²) in [7, 11) is 0. The smallest absolute Gasteiger partial charge is 0.274 e. The topological polar surface area (TPSA) is 64.0 Å². The average molecular weight is 309 g/mol. The molecule has 0 radical (unpaired) electrons. The van der Waals surface area contributed by atoms with E-state index in [-0.39, 0.29) is 17.4 Å². The first kappa shape index (κ1) is 14.2. The maximum Gasteiger partial charge on any atom is 0.274 e. The Morgan fingerprint density at radius 1 is 1.26 bits per heavy atom. The van der Waals surface area contributed by atoms with Crippen LogP contribution in [-0.2, 0) is 11.3 Å². The third kappa shape index (κ3) is 2.56. The van der Waals surface area contributed by atoms with Crippen molar-refractivity contribution in [3.8, 4) is 0 Å². The number of nitrogens with zero attached hydrogens (tertiary/aromatic N) is 2. The van der Waals surface area contributed by atoms with Crippen molar-refractivity contribution in [2.24, 2.45) is 17.8 Å². The molecule has 5 nitrogen and oxygen atoms in total. The summed E-state index contributed by atoms with van der Waals surface area (Å²) in [6.45, 7) is 0.827. The lowest BCUT2D eigenvalue weighted by atomic mass is 9.93. The lowest BCUT2D eigenvalue weighted by Gasteiger charge is -2.17. The van der Waals surface area contributed by atoms with Crippen LogP contribution in [0.25, 0.3) is 10.8 Å². The highest BCUT2D eigenvalue weighted by atomic mass is 16.2. The molecule has 1 fully saturated rings. The number of allylic oxidation sites excluding steroid dienone is 2. The van der Waals surface area contributed by atoms with E-state index in [4.69, 9.17) is 0 Å². The molecule has 1 heterocycles. The van der Waals surface area contributed by atoms with Crippen molar-refractivity contribution in [1.82, 2.24) is 15.1 Å². The van der Waals surface area contributed by atoms with E-state index in [0.717, 1.165) is 18.2 Å². The average Bonchev–Trinajstić information content (AvgIpc) is 3.20. The fraction of sp³-hybridized carbons (Fsp3) is 0.389. The van der Waals surface area contributed by atoms with Crippen LogP contribution >= 0.6 is 0 Å². The van der Waals surface area contributed by atoms with Crippen molar-refractivity contribution in [3.63, 3.8) is 0 Å². The van der Waals surface area contributed by atoms with Gasteiger partial charge in [0.15, 0.2) is 0 Å². The molecule has 0 spiro atoms. The Balaban J connectivity index is 1.40. The van der Waals surface area contributed by atoms with E-state index in [9.17, 15) is 9.59 Å². The number of rotatable bonds is 4. The van der Waals surface area contributed by atoms with Crippen molar-refractivity contribution in [3.05, 3.63) is 53.0 Å². The van der Waals surface area contributed by atoms with Crippen LogP contribution in [-0.4, -0.2) is 22.2 Å². The van der Waals surface area contributed by atoms with Crippen molar-refractivity contribution in [1.29, 1.82) is 0 Å². The van der Waals surface area contributed by atoms with E-state index < -0.39 is 0 Å². The first-order chi connectivity index (χ1) is 11.2. The predicted molar refractivity (Wildman–Crippen MR) is 87.9 cm³/mol. The molecule has 1 N–H and O–H groups in total. The second kappa shape index (κ2) is 5.65. The fourth-order valence-electron chi connectivity index (χ4n) is 3.79. The van der Waals surface area contributed by atoms with Gasteiger partial charge in [0.25, 0.3) is 5.56 Å². The SMILES string of the molecule is O=C(NCCn1ncc2ccccc2c1=O)[C@@H]1C[C@@H]2C=C[C@H]1C2. The van der Waals surface area contributed by atoms with Gasteiger partial charge in [-0.2, -0.15) is 5.10 Å². The Morgan fingerprint density at radius 2 is 2.13 bits per heavy atom. The molecule has 2 bridgehead atoms. The van der Waals surface area contributed by atoms with Crippen LogP contribution < -0.4 is 10.9 Å². The summed E-state index contributed by atoms with van der Waals surface area (Å²) >= 11 is 0. The highest BCUT2D eigenvalue weighted by Crippen LogP contribution is 2.43. The first-order valence-electron chi connectivity index (χ1n) is 8.13. The van der Waals surface area contributed by atoms with Crippen molar-refractivity contribution in [2.45, 2.75) is 19.4 Å². The summed E-state index contributed by atoms with van der Waals surface area (Å²) in [5.41, 5.74) is -0.111. The van der Waals surface area contributed by atoms with E-state index in [1.54, 1.807) is 12.3 Å². The van der Waals surface area contributed by atoms with Gasteiger partial charge in [-0.15, -0.1) is 0 Å². The van der Waals surface area contributed by atoms with Gasteiger partial charge in [-0.3, -0.25) is 9.59 Å². The molecule has 0 saturated heterocycles. The summed E-state index contributed by atoms with van der Waals surface area (Å²) < 4.78 is 1.42. The lowest BCUT2D eigenvalue weighted by Crippen LogP contribution is -2.36. The fourth-order valence-corrected chi connectivity index (χ4v) is 3.79. The Hall–Kier alpha value is -2.43. The van der Waals surface area contributed by atoms with E-state index in [1.165, 1.54) is 4.68 Å². The van der Waals surface area contributed by atoms with E-state index >= 15 is 0 Å². The number of nitrogens with one attached hydrogen (secondary N) is 1. The molecule has 0 unspecified atom stereocenters. The minimum absolute atomic E-state index is 0.103. The number of carbonyl (C=O) groups excluding carboxylic acids is 1. The molecule has 2 aromatic rings. The number of fused-ring (bicyclic) bond motifs is 3. The molecule has 118 valence electrons. The predicted octanol–water partition coefficient (Wildman–Crippen LogP) is 1.72. The highest BCUT2D eigenvalue weighted by molar-refractivity contribution is 5.80. The summed E-state index contributed by atoms with van der Waals surface area (Å²) in [6.07, 6.45) is 8.17. The Bertz CT molecular complexity index is 840. The van der Waals surface area contributed by atoms with Crippen LogP contribution in [0.4, 0.5) is 0 Å². The monoisotopic (exact) mass is 309 g/mol. The van der Waals surface area contributed by atoms with Gasteiger partial charge in [0.05, 0.1) is 18.1 Å². The van der Waals surface area contributed by atoms with Crippen LogP contribution in [0.1, 0.15) is 12.8 Å². The third-order valence-electron chi connectivity index (χ3n) is 5.00. The van der Waals surface area contributed by atoms with Crippen LogP contribution in [0.15, 0.2) is 47.4 Å². The summed E-state index contributed by atoms with van der Waals surface area (Å²) in [5.74, 6) is 1.20. The summed E-state index contributed by atoms with van der Waals surface area (Å²) in [6, 6.07) is 7.41. The molecule has 5 heteroatoms. The van der Waals surface area contributed by atoms with Gasteiger partial charge in [-0.25, -0.2) is 4.68 Å². The molecule has 2 aliphatic rings. The molecule has 3 atom stereocenters. The number of aromatic nitrogens is 2. The molecule has 1 aromatic carbocycles. The van der Waals surface area contributed by atoms with Gasteiger partial charge >= 0.3 is 0 Å². The van der Waals surface area contributed by atoms with E-state index in [0.29, 0.717) is 30.3 Å². The minimum atomic E-state index is -0.111. The van der Waals surface area contributed by atoms with E-state index in [2.05, 4.69) is 22.6 Å². The van der Waals surface area contributed by atoms with Gasteiger partial charge in [-0.05, 0) is 30.7 Å². The maximum absolute atomic E-state index is 12.3. The van der Waals surface area contributed by atoms with Crippen LogP contribution in [0.2, 0.25) is 0 Å². The number of amides is 1. The second-order valence-electron chi connectivity index (χ2n) is 6.44. The molecule has 1 aromatic heterocycles. The minimum Gasteiger partial charge on any atom is -0.354 e.